The second kappa shape index (κ2) is 10.4. The molecule has 2 heterocycles. The largest absolute Gasteiger partial charge is 0.486 e. The SMILES string of the molecule is CCN(CC)CCCNc1oc(-c2ccccc2F)nc1S(=O)(=O)c1ccc2c(c1)OCCO2. The van der Waals surface area contributed by atoms with Gasteiger partial charge >= 0.3 is 0 Å². The van der Waals surface area contributed by atoms with Gasteiger partial charge in [-0.05, 0) is 50.3 Å². The van der Waals surface area contributed by atoms with Gasteiger partial charge in [-0.25, -0.2) is 12.8 Å². The highest BCUT2D eigenvalue weighted by atomic mass is 32.2. The van der Waals surface area contributed by atoms with Crippen molar-refractivity contribution in [1.29, 1.82) is 0 Å². The van der Waals surface area contributed by atoms with Gasteiger partial charge in [-0.2, -0.15) is 4.98 Å². The van der Waals surface area contributed by atoms with Gasteiger partial charge in [0.25, 0.3) is 0 Å². The van der Waals surface area contributed by atoms with E-state index in [1.54, 1.807) is 18.2 Å². The van der Waals surface area contributed by atoms with Gasteiger partial charge in [0, 0.05) is 12.6 Å². The van der Waals surface area contributed by atoms with Gasteiger partial charge in [-0.15, -0.1) is 0 Å². The highest BCUT2D eigenvalue weighted by Gasteiger charge is 2.30. The molecule has 1 aromatic heterocycles. The number of nitrogens with one attached hydrogen (secondary N) is 1. The lowest BCUT2D eigenvalue weighted by molar-refractivity contribution is 0.171. The molecule has 0 atom stereocenters. The van der Waals surface area contributed by atoms with Crippen molar-refractivity contribution < 1.29 is 26.7 Å². The van der Waals surface area contributed by atoms with Crippen molar-refractivity contribution in [2.24, 2.45) is 0 Å². The first kappa shape index (κ1) is 24.0. The average Bonchev–Trinajstić information content (AvgIpc) is 3.29. The summed E-state index contributed by atoms with van der Waals surface area (Å²) in [4.78, 5) is 6.45. The number of oxazole rings is 1. The van der Waals surface area contributed by atoms with E-state index < -0.39 is 15.7 Å². The van der Waals surface area contributed by atoms with Gasteiger partial charge in [-0.3, -0.25) is 0 Å². The van der Waals surface area contributed by atoms with Crippen LogP contribution >= 0.6 is 0 Å². The number of anilines is 1. The van der Waals surface area contributed by atoms with Crippen LogP contribution < -0.4 is 14.8 Å². The van der Waals surface area contributed by atoms with E-state index in [-0.39, 0.29) is 27.3 Å². The van der Waals surface area contributed by atoms with Crippen molar-refractivity contribution >= 4 is 15.7 Å². The molecule has 1 N–H and O–H groups in total. The smallest absolute Gasteiger partial charge is 0.233 e. The average molecular weight is 490 g/mol. The number of fused-ring (bicyclic) bond motifs is 1. The van der Waals surface area contributed by atoms with Crippen LogP contribution in [0.3, 0.4) is 0 Å². The minimum atomic E-state index is -4.10. The molecule has 1 aliphatic heterocycles. The second-order valence-corrected chi connectivity index (χ2v) is 9.61. The molecule has 0 spiro atoms. The quantitative estimate of drug-likeness (QED) is 0.423. The second-order valence-electron chi connectivity index (χ2n) is 7.75. The standard InChI is InChI=1S/C24H28FN3O5S/c1-3-28(4-2)13-7-12-26-23-24(27-22(33-23)18-8-5-6-9-19(18)25)34(29,30)17-10-11-20-21(16-17)32-15-14-31-20/h5-6,8-11,16,26H,3-4,7,12-15H2,1-2H3. The van der Waals surface area contributed by atoms with E-state index in [2.05, 4.69) is 29.0 Å². The van der Waals surface area contributed by atoms with Gasteiger partial charge in [0.2, 0.25) is 26.6 Å². The first-order chi connectivity index (χ1) is 16.4. The zero-order valence-electron chi connectivity index (χ0n) is 19.2. The van der Waals surface area contributed by atoms with Crippen LogP contribution in [0.1, 0.15) is 20.3 Å². The van der Waals surface area contributed by atoms with Crippen molar-refractivity contribution in [3.05, 3.63) is 48.3 Å². The summed E-state index contributed by atoms with van der Waals surface area (Å²) in [6.45, 7) is 8.08. The highest BCUT2D eigenvalue weighted by molar-refractivity contribution is 7.91. The first-order valence-corrected chi connectivity index (χ1v) is 12.8. The third-order valence-electron chi connectivity index (χ3n) is 5.61. The minimum Gasteiger partial charge on any atom is -0.486 e. The number of sulfone groups is 1. The minimum absolute atomic E-state index is 0.0173. The summed E-state index contributed by atoms with van der Waals surface area (Å²) in [7, 11) is -4.10. The number of rotatable bonds is 10. The molecule has 0 bridgehead atoms. The molecule has 0 unspecified atom stereocenters. The summed E-state index contributed by atoms with van der Waals surface area (Å²) >= 11 is 0. The van der Waals surface area contributed by atoms with Gasteiger partial charge in [0.15, 0.2) is 11.5 Å². The molecule has 3 aromatic rings. The number of nitrogens with zero attached hydrogens (tertiary/aromatic N) is 2. The molecule has 0 saturated carbocycles. The number of ether oxygens (including phenoxy) is 2. The number of hydrogen-bond donors (Lipinski definition) is 1. The molecule has 2 aromatic carbocycles. The Bertz CT molecular complexity index is 1240. The third kappa shape index (κ3) is 5.02. The fourth-order valence-corrected chi connectivity index (χ4v) is 4.99. The van der Waals surface area contributed by atoms with Crippen molar-refractivity contribution in [3.8, 4) is 23.0 Å². The summed E-state index contributed by atoms with van der Waals surface area (Å²) in [6, 6.07) is 10.3. The Hall–Kier alpha value is -3.11. The van der Waals surface area contributed by atoms with Crippen LogP contribution in [0.15, 0.2) is 56.8 Å². The Morgan fingerprint density at radius 2 is 1.79 bits per heavy atom. The fourth-order valence-electron chi connectivity index (χ4n) is 3.70. The summed E-state index contributed by atoms with van der Waals surface area (Å²) in [6.07, 6.45) is 0.765. The van der Waals surface area contributed by atoms with E-state index in [4.69, 9.17) is 13.9 Å². The monoisotopic (exact) mass is 489 g/mol. The first-order valence-electron chi connectivity index (χ1n) is 11.3. The summed E-state index contributed by atoms with van der Waals surface area (Å²) in [5, 5.41) is 2.75. The molecule has 182 valence electrons. The Morgan fingerprint density at radius 1 is 1.06 bits per heavy atom. The van der Waals surface area contributed by atoms with Gasteiger partial charge in [0.05, 0.1) is 10.5 Å². The maximum Gasteiger partial charge on any atom is 0.233 e. The molecular weight excluding hydrogens is 461 g/mol. The zero-order chi connectivity index (χ0) is 24.1. The molecule has 10 heteroatoms. The lowest BCUT2D eigenvalue weighted by Crippen LogP contribution is -2.25. The van der Waals surface area contributed by atoms with Crippen LogP contribution in [0.2, 0.25) is 0 Å². The van der Waals surface area contributed by atoms with E-state index in [9.17, 15) is 12.8 Å². The molecule has 34 heavy (non-hydrogen) atoms. The third-order valence-corrected chi connectivity index (χ3v) is 7.27. The topological polar surface area (TPSA) is 93.9 Å². The molecule has 0 aliphatic carbocycles. The predicted octanol–water partition coefficient (Wildman–Crippen LogP) is 4.23. The van der Waals surface area contributed by atoms with E-state index in [0.29, 0.717) is 31.3 Å². The van der Waals surface area contributed by atoms with Crippen molar-refractivity contribution in [2.45, 2.75) is 30.2 Å². The van der Waals surface area contributed by atoms with Crippen LogP contribution in [-0.2, 0) is 9.84 Å². The summed E-state index contributed by atoms with van der Waals surface area (Å²) in [5.74, 6) is 0.138. The van der Waals surface area contributed by atoms with Crippen LogP contribution in [-0.4, -0.2) is 57.7 Å². The maximum absolute atomic E-state index is 14.4. The highest BCUT2D eigenvalue weighted by Crippen LogP contribution is 2.37. The predicted molar refractivity (Wildman–Crippen MR) is 126 cm³/mol. The van der Waals surface area contributed by atoms with E-state index >= 15 is 0 Å². The Balaban J connectivity index is 1.67. The van der Waals surface area contributed by atoms with E-state index in [0.717, 1.165) is 26.1 Å². The van der Waals surface area contributed by atoms with Crippen LogP contribution in [0, 0.1) is 5.82 Å². The van der Waals surface area contributed by atoms with Crippen molar-refractivity contribution in [1.82, 2.24) is 9.88 Å². The van der Waals surface area contributed by atoms with Crippen molar-refractivity contribution in [3.63, 3.8) is 0 Å². The Kier molecular flexibility index (Phi) is 7.38. The molecule has 1 aliphatic rings. The molecule has 0 radical (unpaired) electrons. The number of halogens is 1. The summed E-state index contributed by atoms with van der Waals surface area (Å²) in [5.41, 5.74) is 0.0808. The van der Waals surface area contributed by atoms with E-state index in [1.807, 2.05) is 0 Å². The fraction of sp³-hybridized carbons (Fsp3) is 0.375. The molecule has 4 rings (SSSR count). The van der Waals surface area contributed by atoms with Gasteiger partial charge < -0.3 is 24.1 Å². The lowest BCUT2D eigenvalue weighted by atomic mass is 10.2. The number of hydrogen-bond acceptors (Lipinski definition) is 8. The van der Waals surface area contributed by atoms with Gasteiger partial charge in [0.1, 0.15) is 19.0 Å². The zero-order valence-corrected chi connectivity index (χ0v) is 20.0. The number of aromatic nitrogens is 1. The number of benzene rings is 2. The van der Waals surface area contributed by atoms with Crippen LogP contribution in [0.4, 0.5) is 10.3 Å². The summed E-state index contributed by atoms with van der Waals surface area (Å²) < 4.78 is 58.3. The molecular formula is C24H28FN3O5S. The van der Waals surface area contributed by atoms with Gasteiger partial charge in [-0.1, -0.05) is 26.0 Å². The molecule has 8 nitrogen and oxygen atoms in total. The maximum atomic E-state index is 14.4. The van der Waals surface area contributed by atoms with E-state index in [1.165, 1.54) is 24.3 Å². The molecule has 0 fully saturated rings. The van der Waals surface area contributed by atoms with Crippen LogP contribution in [0.5, 0.6) is 11.5 Å². The Morgan fingerprint density at radius 3 is 2.53 bits per heavy atom. The lowest BCUT2D eigenvalue weighted by Gasteiger charge is -2.18. The molecule has 0 saturated heterocycles. The molecule has 0 amide bonds. The van der Waals surface area contributed by atoms with Crippen molar-refractivity contribution in [2.75, 3.05) is 44.7 Å². The normalized spacial score (nSPS) is 13.3. The van der Waals surface area contributed by atoms with Crippen LogP contribution in [0.25, 0.3) is 11.5 Å². The Labute approximate surface area is 198 Å².